The number of carbonyl (C=O) groups is 1. The molecule has 1 fully saturated rings. The summed E-state index contributed by atoms with van der Waals surface area (Å²) < 4.78 is 6.55. The third kappa shape index (κ3) is 4.60. The van der Waals surface area contributed by atoms with E-state index in [1.54, 1.807) is 0 Å². The first-order chi connectivity index (χ1) is 17.2. The molecule has 3 aromatic carbocycles. The van der Waals surface area contributed by atoms with Gasteiger partial charge in [-0.25, -0.2) is 9.97 Å². The maximum absolute atomic E-state index is 12.9. The molecule has 5 aromatic rings. The molecule has 1 amide bonds. The lowest BCUT2D eigenvalue weighted by Gasteiger charge is -2.29. The Kier molecular flexibility index (Phi) is 5.86. The van der Waals surface area contributed by atoms with Crippen LogP contribution in [0.25, 0.3) is 32.4 Å². The van der Waals surface area contributed by atoms with Crippen LogP contribution in [0.2, 0.25) is 0 Å². The van der Waals surface area contributed by atoms with Crippen molar-refractivity contribution in [2.75, 3.05) is 36.5 Å². The average Bonchev–Trinajstić information content (AvgIpc) is 3.31. The van der Waals surface area contributed by atoms with Crippen LogP contribution in [0.5, 0.6) is 0 Å². The highest BCUT2D eigenvalue weighted by Crippen LogP contribution is 2.28. The van der Waals surface area contributed by atoms with Gasteiger partial charge in [-0.15, -0.1) is 0 Å². The van der Waals surface area contributed by atoms with E-state index < -0.39 is 0 Å². The van der Waals surface area contributed by atoms with E-state index in [-0.39, 0.29) is 12.3 Å². The molecule has 0 unspecified atom stereocenters. The Bertz CT molecular complexity index is 1490. The van der Waals surface area contributed by atoms with Crippen LogP contribution in [-0.2, 0) is 16.0 Å². The second-order valence-corrected chi connectivity index (χ2v) is 9.58. The summed E-state index contributed by atoms with van der Waals surface area (Å²) in [4.78, 5) is 24.7. The number of hydrogen-bond acceptors (Lipinski definition) is 6. The summed E-state index contributed by atoms with van der Waals surface area (Å²) in [7, 11) is 0. The highest BCUT2D eigenvalue weighted by Gasteiger charge is 2.14. The lowest BCUT2D eigenvalue weighted by molar-refractivity contribution is -0.115. The van der Waals surface area contributed by atoms with Gasteiger partial charge in [-0.3, -0.25) is 4.79 Å². The topological polar surface area (TPSA) is 67.4 Å². The van der Waals surface area contributed by atoms with Crippen molar-refractivity contribution in [2.24, 2.45) is 0 Å². The van der Waals surface area contributed by atoms with Crippen LogP contribution < -0.4 is 10.2 Å². The van der Waals surface area contributed by atoms with Crippen LogP contribution in [0.3, 0.4) is 0 Å². The van der Waals surface area contributed by atoms with Gasteiger partial charge < -0.3 is 15.0 Å². The van der Waals surface area contributed by atoms with E-state index in [1.807, 2.05) is 48.5 Å². The van der Waals surface area contributed by atoms with Crippen LogP contribution in [0.15, 0.2) is 78.9 Å². The van der Waals surface area contributed by atoms with Crippen molar-refractivity contribution in [3.63, 3.8) is 0 Å². The van der Waals surface area contributed by atoms with Crippen molar-refractivity contribution in [3.05, 3.63) is 84.4 Å². The number of rotatable bonds is 5. The minimum atomic E-state index is -0.0990. The zero-order valence-corrected chi connectivity index (χ0v) is 19.9. The number of aromatic nitrogens is 2. The van der Waals surface area contributed by atoms with Gasteiger partial charge in [0.05, 0.1) is 41.1 Å². The number of benzene rings is 3. The summed E-state index contributed by atoms with van der Waals surface area (Å²) in [5, 5.41) is 4.59. The maximum atomic E-state index is 12.9. The number of nitrogens with one attached hydrogen (secondary N) is 1. The largest absolute Gasteiger partial charge is 0.378 e. The predicted octanol–water partition coefficient (Wildman–Crippen LogP) is 5.53. The smallest absolute Gasteiger partial charge is 0.230 e. The highest BCUT2D eigenvalue weighted by atomic mass is 32.1. The number of carbonyl (C=O) groups excluding carboxylic acids is 1. The molecule has 3 heterocycles. The molecule has 1 saturated heterocycles. The summed E-state index contributed by atoms with van der Waals surface area (Å²) >= 11 is 1.48. The molecule has 0 atom stereocenters. The average molecular weight is 481 g/mol. The van der Waals surface area contributed by atoms with Crippen LogP contribution in [0.1, 0.15) is 5.56 Å². The van der Waals surface area contributed by atoms with Gasteiger partial charge in [0.25, 0.3) is 0 Å². The highest BCUT2D eigenvalue weighted by molar-refractivity contribution is 7.22. The Balaban J connectivity index is 1.27. The number of fused-ring (bicyclic) bond motifs is 2. The molecule has 1 aliphatic rings. The third-order valence-electron chi connectivity index (χ3n) is 6.21. The predicted molar refractivity (Wildman–Crippen MR) is 142 cm³/mol. The molecule has 0 radical (unpaired) electrons. The van der Waals surface area contributed by atoms with Crippen LogP contribution in [-0.4, -0.2) is 42.2 Å². The van der Waals surface area contributed by atoms with Crippen LogP contribution >= 0.6 is 11.3 Å². The SMILES string of the molecule is O=C(Cc1cccc2ccc(-c3cccc(N4CCOCC4)c3)nc12)Nc1nc2ccccc2s1. The van der Waals surface area contributed by atoms with Crippen molar-refractivity contribution in [2.45, 2.75) is 6.42 Å². The van der Waals surface area contributed by atoms with Gasteiger partial charge in [-0.05, 0) is 35.9 Å². The molecule has 1 N–H and O–H groups in total. The van der Waals surface area contributed by atoms with Crippen molar-refractivity contribution in [1.29, 1.82) is 0 Å². The van der Waals surface area contributed by atoms with Crippen molar-refractivity contribution in [1.82, 2.24) is 9.97 Å². The number of amides is 1. The molecule has 6 rings (SSSR count). The number of ether oxygens (including phenoxy) is 1. The quantitative estimate of drug-likeness (QED) is 0.358. The monoisotopic (exact) mass is 480 g/mol. The van der Waals surface area contributed by atoms with E-state index in [1.165, 1.54) is 17.0 Å². The molecule has 6 nitrogen and oxygen atoms in total. The Labute approximate surface area is 207 Å². The molecule has 7 heteroatoms. The molecule has 174 valence electrons. The standard InChI is InChI=1S/C28H24N4O2S/c33-26(31-28-30-24-9-1-2-10-25(24)35-28)18-21-7-3-5-19-11-12-23(29-27(19)21)20-6-4-8-22(17-20)32-13-15-34-16-14-32/h1-12,17H,13-16,18H2,(H,30,31,33). The van der Waals surface area contributed by atoms with E-state index in [9.17, 15) is 4.79 Å². The molecule has 0 spiro atoms. The van der Waals surface area contributed by atoms with Gasteiger partial charge in [-0.1, -0.05) is 59.9 Å². The van der Waals surface area contributed by atoms with Gasteiger partial charge in [0, 0.05) is 29.7 Å². The maximum Gasteiger partial charge on any atom is 0.230 e. The Morgan fingerprint density at radius 1 is 0.943 bits per heavy atom. The fourth-order valence-corrected chi connectivity index (χ4v) is 5.34. The molecule has 0 saturated carbocycles. The van der Waals surface area contributed by atoms with E-state index in [2.05, 4.69) is 45.5 Å². The zero-order valence-electron chi connectivity index (χ0n) is 19.1. The number of nitrogens with zero attached hydrogens (tertiary/aromatic N) is 3. The lowest BCUT2D eigenvalue weighted by atomic mass is 10.0. The zero-order chi connectivity index (χ0) is 23.6. The summed E-state index contributed by atoms with van der Waals surface area (Å²) in [5.41, 5.74) is 5.77. The van der Waals surface area contributed by atoms with E-state index in [0.717, 1.165) is 64.2 Å². The molecular weight excluding hydrogens is 456 g/mol. The molecule has 35 heavy (non-hydrogen) atoms. The first-order valence-electron chi connectivity index (χ1n) is 11.7. The second-order valence-electron chi connectivity index (χ2n) is 8.55. The summed E-state index contributed by atoms with van der Waals surface area (Å²) in [5.74, 6) is -0.0990. The first-order valence-corrected chi connectivity index (χ1v) is 12.5. The van der Waals surface area contributed by atoms with E-state index in [0.29, 0.717) is 5.13 Å². The van der Waals surface area contributed by atoms with Crippen LogP contribution in [0.4, 0.5) is 10.8 Å². The minimum Gasteiger partial charge on any atom is -0.378 e. The normalized spacial score (nSPS) is 13.9. The first kappa shape index (κ1) is 21.7. The van der Waals surface area contributed by atoms with E-state index in [4.69, 9.17) is 9.72 Å². The van der Waals surface area contributed by atoms with Crippen molar-refractivity contribution in [3.8, 4) is 11.3 Å². The van der Waals surface area contributed by atoms with Gasteiger partial charge in [0.2, 0.25) is 5.91 Å². The second kappa shape index (κ2) is 9.44. The van der Waals surface area contributed by atoms with Crippen LogP contribution in [0, 0.1) is 0 Å². The number of thiazole rings is 1. The summed E-state index contributed by atoms with van der Waals surface area (Å²) in [6.07, 6.45) is 0.234. The lowest BCUT2D eigenvalue weighted by Crippen LogP contribution is -2.36. The summed E-state index contributed by atoms with van der Waals surface area (Å²) in [6, 6.07) is 26.5. The number of hydrogen-bond donors (Lipinski definition) is 1. The number of anilines is 2. The van der Waals surface area contributed by atoms with E-state index >= 15 is 0 Å². The molecular formula is C28H24N4O2S. The minimum absolute atomic E-state index is 0.0990. The Hall–Kier alpha value is -3.81. The fourth-order valence-electron chi connectivity index (χ4n) is 4.46. The Morgan fingerprint density at radius 2 is 1.80 bits per heavy atom. The van der Waals surface area contributed by atoms with Crippen molar-refractivity contribution < 1.29 is 9.53 Å². The Morgan fingerprint density at radius 3 is 2.69 bits per heavy atom. The molecule has 0 bridgehead atoms. The number of para-hydroxylation sites is 2. The van der Waals surface area contributed by atoms with Gasteiger partial charge in [0.15, 0.2) is 5.13 Å². The van der Waals surface area contributed by atoms with Gasteiger partial charge >= 0.3 is 0 Å². The number of morpholine rings is 1. The van der Waals surface area contributed by atoms with Gasteiger partial charge in [-0.2, -0.15) is 0 Å². The third-order valence-corrected chi connectivity index (χ3v) is 7.17. The van der Waals surface area contributed by atoms with Gasteiger partial charge in [0.1, 0.15) is 0 Å². The molecule has 0 aliphatic carbocycles. The fraction of sp³-hybridized carbons (Fsp3) is 0.179. The summed E-state index contributed by atoms with van der Waals surface area (Å²) in [6.45, 7) is 3.28. The molecule has 2 aromatic heterocycles. The van der Waals surface area contributed by atoms with Crippen molar-refractivity contribution >= 4 is 49.2 Å². The number of pyridine rings is 1. The molecule has 1 aliphatic heterocycles.